The van der Waals surface area contributed by atoms with E-state index < -0.39 is 0 Å². The van der Waals surface area contributed by atoms with Gasteiger partial charge in [-0.15, -0.1) is 24.0 Å². The van der Waals surface area contributed by atoms with Gasteiger partial charge >= 0.3 is 0 Å². The van der Waals surface area contributed by atoms with Crippen LogP contribution in [0.1, 0.15) is 52.4 Å². The summed E-state index contributed by atoms with van der Waals surface area (Å²) < 4.78 is 11.5. The molecule has 5 nitrogen and oxygen atoms in total. The van der Waals surface area contributed by atoms with Crippen molar-refractivity contribution in [2.24, 2.45) is 10.9 Å². The predicted molar refractivity (Wildman–Crippen MR) is 108 cm³/mol. The molecule has 0 radical (unpaired) electrons. The van der Waals surface area contributed by atoms with Gasteiger partial charge in [-0.25, -0.2) is 0 Å². The van der Waals surface area contributed by atoms with Crippen LogP contribution in [0.5, 0.6) is 0 Å². The van der Waals surface area contributed by atoms with Crippen LogP contribution in [0, 0.1) is 5.92 Å². The molecule has 23 heavy (non-hydrogen) atoms. The molecule has 0 aromatic heterocycles. The zero-order chi connectivity index (χ0) is 16.0. The van der Waals surface area contributed by atoms with E-state index in [9.17, 15) is 0 Å². The fourth-order valence-electron chi connectivity index (χ4n) is 2.58. The van der Waals surface area contributed by atoms with Crippen LogP contribution in [0.15, 0.2) is 4.99 Å². The average Bonchev–Trinajstić information content (AvgIpc) is 2.77. The fraction of sp³-hybridized carbons (Fsp3) is 0.941. The molecule has 0 aromatic carbocycles. The van der Waals surface area contributed by atoms with E-state index in [1.54, 1.807) is 7.05 Å². The van der Waals surface area contributed by atoms with E-state index in [-0.39, 0.29) is 24.0 Å². The second kappa shape index (κ2) is 15.4. The third kappa shape index (κ3) is 12.9. The van der Waals surface area contributed by atoms with Crippen LogP contribution in [0.2, 0.25) is 0 Å². The molecule has 1 aliphatic carbocycles. The molecule has 2 N–H and O–H groups in total. The van der Waals surface area contributed by atoms with Gasteiger partial charge in [0.2, 0.25) is 0 Å². The molecule has 1 fully saturated rings. The highest BCUT2D eigenvalue weighted by molar-refractivity contribution is 14.0. The molecule has 6 heteroatoms. The van der Waals surface area contributed by atoms with Crippen molar-refractivity contribution in [2.75, 3.05) is 40.0 Å². The predicted octanol–water partition coefficient (Wildman–Crippen LogP) is 3.18. The standard InChI is InChI=1S/C17H35N3O2.HI/c1-15(2)14-21-12-10-19-17(18-3)20-11-13-22-16-8-6-4-5-7-9-16;/h15-16H,4-14H2,1-3H3,(H2,18,19,20);1H. The maximum atomic E-state index is 5.96. The summed E-state index contributed by atoms with van der Waals surface area (Å²) in [6.07, 6.45) is 8.28. The van der Waals surface area contributed by atoms with Gasteiger partial charge in [0.1, 0.15) is 0 Å². The van der Waals surface area contributed by atoms with Gasteiger partial charge in [0.25, 0.3) is 0 Å². The Morgan fingerprint density at radius 1 is 1.04 bits per heavy atom. The smallest absolute Gasteiger partial charge is 0.191 e. The Kier molecular flexibility index (Phi) is 15.4. The maximum absolute atomic E-state index is 5.96. The average molecular weight is 441 g/mol. The zero-order valence-corrected chi connectivity index (χ0v) is 17.4. The molecule has 0 saturated heterocycles. The van der Waals surface area contributed by atoms with E-state index >= 15 is 0 Å². The number of hydrogen-bond donors (Lipinski definition) is 2. The molecule has 0 heterocycles. The van der Waals surface area contributed by atoms with Crippen LogP contribution in [0.4, 0.5) is 0 Å². The lowest BCUT2D eigenvalue weighted by Gasteiger charge is -2.17. The van der Waals surface area contributed by atoms with Gasteiger partial charge in [-0.1, -0.05) is 39.5 Å². The van der Waals surface area contributed by atoms with E-state index in [1.165, 1.54) is 38.5 Å². The molecule has 0 aliphatic heterocycles. The minimum atomic E-state index is 0. The van der Waals surface area contributed by atoms with E-state index in [2.05, 4.69) is 29.5 Å². The van der Waals surface area contributed by atoms with E-state index in [0.29, 0.717) is 18.6 Å². The summed E-state index contributed by atoms with van der Waals surface area (Å²) in [5.41, 5.74) is 0. The number of aliphatic imine (C=N–C) groups is 1. The summed E-state index contributed by atoms with van der Waals surface area (Å²) >= 11 is 0. The first-order valence-corrected chi connectivity index (χ1v) is 8.86. The van der Waals surface area contributed by atoms with Crippen molar-refractivity contribution in [1.82, 2.24) is 10.6 Å². The number of halogens is 1. The second-order valence-electron chi connectivity index (χ2n) is 6.38. The van der Waals surface area contributed by atoms with Gasteiger partial charge < -0.3 is 20.1 Å². The molecule has 0 amide bonds. The second-order valence-corrected chi connectivity index (χ2v) is 6.38. The van der Waals surface area contributed by atoms with E-state index in [1.807, 2.05) is 0 Å². The van der Waals surface area contributed by atoms with E-state index in [4.69, 9.17) is 9.47 Å². The van der Waals surface area contributed by atoms with Crippen LogP contribution < -0.4 is 10.6 Å². The highest BCUT2D eigenvalue weighted by Crippen LogP contribution is 2.19. The molecule has 0 bridgehead atoms. The number of ether oxygens (including phenoxy) is 2. The normalized spacial score (nSPS) is 16.8. The molecular formula is C17H36IN3O2. The molecule has 138 valence electrons. The third-order valence-corrected chi connectivity index (χ3v) is 3.76. The maximum Gasteiger partial charge on any atom is 0.191 e. The van der Waals surface area contributed by atoms with Crippen molar-refractivity contribution in [3.05, 3.63) is 0 Å². The number of nitrogens with zero attached hydrogens (tertiary/aromatic N) is 1. The number of hydrogen-bond acceptors (Lipinski definition) is 3. The summed E-state index contributed by atoms with van der Waals surface area (Å²) in [6.45, 7) is 8.14. The number of rotatable bonds is 9. The van der Waals surface area contributed by atoms with Gasteiger partial charge in [0.15, 0.2) is 5.96 Å². The van der Waals surface area contributed by atoms with Crippen LogP contribution in [-0.4, -0.2) is 52.0 Å². The van der Waals surface area contributed by atoms with Crippen LogP contribution in [-0.2, 0) is 9.47 Å². The summed E-state index contributed by atoms with van der Waals surface area (Å²) in [5, 5.41) is 6.53. The molecule has 0 spiro atoms. The highest BCUT2D eigenvalue weighted by atomic mass is 127. The lowest BCUT2D eigenvalue weighted by Crippen LogP contribution is -2.40. The van der Waals surface area contributed by atoms with Crippen molar-refractivity contribution in [1.29, 1.82) is 0 Å². The summed E-state index contributed by atoms with van der Waals surface area (Å²) in [6, 6.07) is 0. The number of nitrogens with one attached hydrogen (secondary N) is 2. The van der Waals surface area contributed by atoms with Crippen molar-refractivity contribution in [3.63, 3.8) is 0 Å². The Balaban J connectivity index is 0.00000484. The van der Waals surface area contributed by atoms with Gasteiger partial charge in [-0.3, -0.25) is 4.99 Å². The first-order chi connectivity index (χ1) is 10.7. The minimum Gasteiger partial charge on any atom is -0.379 e. The first-order valence-electron chi connectivity index (χ1n) is 8.86. The van der Waals surface area contributed by atoms with Gasteiger partial charge in [-0.05, 0) is 18.8 Å². The Bertz CT molecular complexity index is 294. The molecule has 0 aromatic rings. The summed E-state index contributed by atoms with van der Waals surface area (Å²) in [5.74, 6) is 1.40. The van der Waals surface area contributed by atoms with Crippen molar-refractivity contribution >= 4 is 29.9 Å². The molecular weight excluding hydrogens is 405 g/mol. The van der Waals surface area contributed by atoms with Gasteiger partial charge in [0, 0.05) is 26.7 Å². The fourth-order valence-corrected chi connectivity index (χ4v) is 2.58. The molecule has 1 aliphatic rings. The van der Waals surface area contributed by atoms with Gasteiger partial charge in [0.05, 0.1) is 19.3 Å². The largest absolute Gasteiger partial charge is 0.379 e. The SMILES string of the molecule is CN=C(NCCOCC(C)C)NCCOC1CCCCCC1.I. The quantitative estimate of drug-likeness (QED) is 0.190. The zero-order valence-electron chi connectivity index (χ0n) is 15.1. The first kappa shape index (κ1) is 22.9. The lowest BCUT2D eigenvalue weighted by molar-refractivity contribution is 0.0468. The summed E-state index contributed by atoms with van der Waals surface area (Å²) in [4.78, 5) is 4.20. The molecule has 0 atom stereocenters. The van der Waals surface area contributed by atoms with E-state index in [0.717, 1.165) is 32.3 Å². The Morgan fingerprint density at radius 3 is 2.22 bits per heavy atom. The van der Waals surface area contributed by atoms with Crippen molar-refractivity contribution < 1.29 is 9.47 Å². The Hall–Kier alpha value is -0.0800. The molecule has 1 rings (SSSR count). The van der Waals surface area contributed by atoms with Crippen molar-refractivity contribution in [2.45, 2.75) is 58.5 Å². The Morgan fingerprint density at radius 2 is 1.65 bits per heavy atom. The minimum absolute atomic E-state index is 0. The topological polar surface area (TPSA) is 54.9 Å². The molecule has 0 unspecified atom stereocenters. The number of guanidine groups is 1. The lowest BCUT2D eigenvalue weighted by atomic mass is 10.1. The van der Waals surface area contributed by atoms with Crippen molar-refractivity contribution in [3.8, 4) is 0 Å². The summed E-state index contributed by atoms with van der Waals surface area (Å²) in [7, 11) is 1.79. The van der Waals surface area contributed by atoms with Crippen LogP contribution >= 0.6 is 24.0 Å². The van der Waals surface area contributed by atoms with Crippen LogP contribution in [0.3, 0.4) is 0 Å². The van der Waals surface area contributed by atoms with Gasteiger partial charge in [-0.2, -0.15) is 0 Å². The monoisotopic (exact) mass is 441 g/mol. The highest BCUT2D eigenvalue weighted by Gasteiger charge is 2.11. The third-order valence-electron chi connectivity index (χ3n) is 3.76. The molecule has 1 saturated carbocycles. The van der Waals surface area contributed by atoms with Crippen LogP contribution in [0.25, 0.3) is 0 Å². The Labute approximate surface area is 159 Å².